The molecule has 1 aromatic heterocycles. The van der Waals surface area contributed by atoms with E-state index in [2.05, 4.69) is 10.1 Å². The summed E-state index contributed by atoms with van der Waals surface area (Å²) in [6.07, 6.45) is 2.11. The van der Waals surface area contributed by atoms with E-state index in [0.29, 0.717) is 56.6 Å². The maximum Gasteiger partial charge on any atom is 0.337 e. The number of ether oxygens (including phenoxy) is 2. The number of benzene rings is 3. The standard InChI is InChI=1S/C29H23Cl3N2O4/c1-36-29(35)17-7-8-18-13-34(14-19(18)11-17)25-10-9-20(12-24(25)32)37-15-21-27(33-38-28(21)16-5-6-16)26-22(30)3-2-4-23(26)31/h2-4,7-12,16H,5-6,13-15H2,1H3. The Kier molecular flexibility index (Phi) is 6.72. The molecule has 38 heavy (non-hydrogen) atoms. The highest BCUT2D eigenvalue weighted by Crippen LogP contribution is 2.46. The molecule has 4 aromatic rings. The molecule has 1 saturated carbocycles. The molecule has 0 unspecified atom stereocenters. The fraction of sp³-hybridized carbons (Fsp3) is 0.241. The van der Waals surface area contributed by atoms with Gasteiger partial charge < -0.3 is 18.9 Å². The summed E-state index contributed by atoms with van der Waals surface area (Å²) in [6, 6.07) is 16.7. The zero-order valence-electron chi connectivity index (χ0n) is 20.5. The number of hydrogen-bond acceptors (Lipinski definition) is 6. The molecule has 3 aromatic carbocycles. The average molecular weight is 570 g/mol. The first-order valence-electron chi connectivity index (χ1n) is 12.2. The first kappa shape index (κ1) is 25.1. The molecule has 1 aliphatic carbocycles. The van der Waals surface area contributed by atoms with Crippen molar-refractivity contribution in [3.05, 3.63) is 97.7 Å². The van der Waals surface area contributed by atoms with Gasteiger partial charge in [0.05, 0.1) is 39.0 Å². The number of carbonyl (C=O) groups is 1. The minimum absolute atomic E-state index is 0.243. The lowest BCUT2D eigenvalue weighted by molar-refractivity contribution is 0.0600. The molecule has 0 spiro atoms. The van der Waals surface area contributed by atoms with Crippen LogP contribution in [0, 0.1) is 0 Å². The SMILES string of the molecule is COC(=O)c1ccc2c(c1)CN(c1ccc(OCc3c(-c4c(Cl)cccc4Cl)noc3C3CC3)cc1Cl)C2. The molecule has 1 fully saturated rings. The van der Waals surface area contributed by atoms with Crippen molar-refractivity contribution in [3.8, 4) is 17.0 Å². The van der Waals surface area contributed by atoms with Crippen molar-refractivity contribution in [1.82, 2.24) is 5.16 Å². The van der Waals surface area contributed by atoms with Gasteiger partial charge in [-0.2, -0.15) is 0 Å². The number of aromatic nitrogens is 1. The Morgan fingerprint density at radius 1 is 1.00 bits per heavy atom. The summed E-state index contributed by atoms with van der Waals surface area (Å²) in [5.74, 6) is 1.43. The molecular weight excluding hydrogens is 547 g/mol. The molecule has 0 N–H and O–H groups in total. The lowest BCUT2D eigenvalue weighted by Gasteiger charge is -2.20. The monoisotopic (exact) mass is 568 g/mol. The van der Waals surface area contributed by atoms with E-state index in [1.165, 1.54) is 7.11 Å². The number of nitrogens with zero attached hydrogens (tertiary/aromatic N) is 2. The summed E-state index contributed by atoms with van der Waals surface area (Å²) in [6.45, 7) is 1.59. The van der Waals surface area contributed by atoms with Gasteiger partial charge in [0.15, 0.2) is 0 Å². The van der Waals surface area contributed by atoms with Crippen LogP contribution in [-0.4, -0.2) is 18.2 Å². The fourth-order valence-corrected chi connectivity index (χ4v) is 5.71. The summed E-state index contributed by atoms with van der Waals surface area (Å²) < 4.78 is 16.8. The Labute approximate surface area is 235 Å². The van der Waals surface area contributed by atoms with Crippen molar-refractivity contribution in [3.63, 3.8) is 0 Å². The van der Waals surface area contributed by atoms with E-state index >= 15 is 0 Å². The van der Waals surface area contributed by atoms with Gasteiger partial charge in [-0.1, -0.05) is 52.1 Å². The zero-order valence-corrected chi connectivity index (χ0v) is 22.7. The third-order valence-corrected chi connectivity index (χ3v) is 7.89. The highest BCUT2D eigenvalue weighted by molar-refractivity contribution is 6.39. The van der Waals surface area contributed by atoms with Crippen LogP contribution in [0.4, 0.5) is 5.69 Å². The van der Waals surface area contributed by atoms with Crippen LogP contribution < -0.4 is 9.64 Å². The Balaban J connectivity index is 1.21. The molecule has 2 heterocycles. The molecule has 0 bridgehead atoms. The molecule has 0 atom stereocenters. The molecule has 9 heteroatoms. The van der Waals surface area contributed by atoms with E-state index in [4.69, 9.17) is 48.8 Å². The van der Waals surface area contributed by atoms with Crippen molar-refractivity contribution >= 4 is 46.5 Å². The van der Waals surface area contributed by atoms with Crippen molar-refractivity contribution in [1.29, 1.82) is 0 Å². The van der Waals surface area contributed by atoms with Gasteiger partial charge in [0.25, 0.3) is 0 Å². The second kappa shape index (κ2) is 10.2. The van der Waals surface area contributed by atoms with Crippen LogP contribution in [0.3, 0.4) is 0 Å². The Hall–Kier alpha value is -3.19. The van der Waals surface area contributed by atoms with Crippen LogP contribution in [0.2, 0.25) is 15.1 Å². The number of fused-ring (bicyclic) bond motifs is 1. The minimum atomic E-state index is -0.344. The van der Waals surface area contributed by atoms with E-state index in [-0.39, 0.29) is 12.6 Å². The van der Waals surface area contributed by atoms with E-state index < -0.39 is 0 Å². The normalized spacial score (nSPS) is 14.5. The second-order valence-corrected chi connectivity index (χ2v) is 10.7. The molecule has 1 aliphatic heterocycles. The molecule has 6 nitrogen and oxygen atoms in total. The predicted octanol–water partition coefficient (Wildman–Crippen LogP) is 8.07. The van der Waals surface area contributed by atoms with Crippen LogP contribution in [0.5, 0.6) is 5.75 Å². The van der Waals surface area contributed by atoms with Gasteiger partial charge >= 0.3 is 5.97 Å². The van der Waals surface area contributed by atoms with Crippen LogP contribution in [0.25, 0.3) is 11.3 Å². The summed E-state index contributed by atoms with van der Waals surface area (Å²) in [7, 11) is 1.38. The van der Waals surface area contributed by atoms with Crippen LogP contribution >= 0.6 is 34.8 Å². The summed E-state index contributed by atoms with van der Waals surface area (Å²) in [4.78, 5) is 14.1. The third-order valence-electron chi connectivity index (χ3n) is 6.96. The Morgan fingerprint density at radius 2 is 1.76 bits per heavy atom. The highest BCUT2D eigenvalue weighted by Gasteiger charge is 2.34. The van der Waals surface area contributed by atoms with Crippen molar-refractivity contribution < 1.29 is 18.8 Å². The van der Waals surface area contributed by atoms with Gasteiger partial charge in [0.1, 0.15) is 23.8 Å². The number of esters is 1. The minimum Gasteiger partial charge on any atom is -0.489 e. The summed E-state index contributed by atoms with van der Waals surface area (Å²) >= 11 is 19.7. The van der Waals surface area contributed by atoms with Crippen molar-refractivity contribution in [2.75, 3.05) is 12.0 Å². The molecule has 0 saturated heterocycles. The summed E-state index contributed by atoms with van der Waals surface area (Å²) in [5, 5.41) is 5.91. The first-order chi connectivity index (χ1) is 18.4. The zero-order chi connectivity index (χ0) is 26.4. The number of hydrogen-bond donors (Lipinski definition) is 0. The number of rotatable bonds is 7. The van der Waals surface area contributed by atoms with Crippen molar-refractivity contribution in [2.45, 2.75) is 38.5 Å². The highest BCUT2D eigenvalue weighted by atomic mass is 35.5. The van der Waals surface area contributed by atoms with Gasteiger partial charge in [-0.25, -0.2) is 4.79 Å². The van der Waals surface area contributed by atoms with E-state index in [1.807, 2.05) is 30.3 Å². The van der Waals surface area contributed by atoms with Gasteiger partial charge in [-0.15, -0.1) is 0 Å². The maximum atomic E-state index is 11.9. The van der Waals surface area contributed by atoms with E-state index in [9.17, 15) is 4.79 Å². The van der Waals surface area contributed by atoms with Crippen LogP contribution in [-0.2, 0) is 24.4 Å². The lowest BCUT2D eigenvalue weighted by atomic mass is 10.0. The Bertz CT molecular complexity index is 1530. The predicted molar refractivity (Wildman–Crippen MR) is 147 cm³/mol. The van der Waals surface area contributed by atoms with Crippen LogP contribution in [0.1, 0.15) is 51.6 Å². The lowest BCUT2D eigenvalue weighted by Crippen LogP contribution is -2.14. The quantitative estimate of drug-likeness (QED) is 0.210. The Morgan fingerprint density at radius 3 is 2.47 bits per heavy atom. The maximum absolute atomic E-state index is 11.9. The average Bonchev–Trinajstić information content (AvgIpc) is 3.53. The fourth-order valence-electron chi connectivity index (χ4n) is 4.85. The molecule has 194 valence electrons. The molecule has 2 aliphatic rings. The van der Waals surface area contributed by atoms with Gasteiger partial charge in [-0.05, 0) is 60.4 Å². The first-order valence-corrected chi connectivity index (χ1v) is 13.4. The van der Waals surface area contributed by atoms with Crippen LogP contribution in [0.15, 0.2) is 59.1 Å². The number of carbonyl (C=O) groups excluding carboxylic acids is 1. The van der Waals surface area contributed by atoms with E-state index in [1.54, 1.807) is 24.3 Å². The molecule has 6 rings (SSSR count). The van der Waals surface area contributed by atoms with Gasteiger partial charge in [0.2, 0.25) is 0 Å². The van der Waals surface area contributed by atoms with Gasteiger partial charge in [0, 0.05) is 30.6 Å². The number of anilines is 1. The van der Waals surface area contributed by atoms with Gasteiger partial charge in [-0.3, -0.25) is 0 Å². The summed E-state index contributed by atoms with van der Waals surface area (Å²) in [5.41, 5.74) is 5.75. The van der Waals surface area contributed by atoms with Crippen molar-refractivity contribution in [2.24, 2.45) is 0 Å². The van der Waals surface area contributed by atoms with E-state index in [0.717, 1.165) is 41.0 Å². The topological polar surface area (TPSA) is 64.8 Å². The number of methoxy groups -OCH3 is 1. The second-order valence-electron chi connectivity index (χ2n) is 9.48. The number of halogens is 3. The smallest absolute Gasteiger partial charge is 0.337 e. The third kappa shape index (κ3) is 4.73. The largest absolute Gasteiger partial charge is 0.489 e. The molecule has 0 radical (unpaired) electrons. The molecular formula is C29H23Cl3N2O4. The molecule has 0 amide bonds.